The molecule has 1 unspecified atom stereocenters. The number of rotatable bonds is 9. The van der Waals surface area contributed by atoms with Crippen molar-refractivity contribution in [3.8, 4) is 11.1 Å². The summed E-state index contributed by atoms with van der Waals surface area (Å²) < 4.78 is 0. The molecule has 1 amide bonds. The number of aromatic nitrogens is 2. The minimum atomic E-state index is -0.0774. The van der Waals surface area contributed by atoms with Gasteiger partial charge in [-0.1, -0.05) is 38.0 Å². The van der Waals surface area contributed by atoms with Gasteiger partial charge in [-0.15, -0.1) is 0 Å². The van der Waals surface area contributed by atoms with Crippen LogP contribution >= 0.6 is 0 Å². The molecule has 0 aliphatic heterocycles. The summed E-state index contributed by atoms with van der Waals surface area (Å²) >= 11 is 0. The van der Waals surface area contributed by atoms with Gasteiger partial charge in [-0.25, -0.2) is 9.97 Å². The maximum Gasteiger partial charge on any atom is 0.236 e. The summed E-state index contributed by atoms with van der Waals surface area (Å²) in [7, 11) is 1.76. The number of hydrogen-bond acceptors (Lipinski definition) is 5. The van der Waals surface area contributed by atoms with Crippen molar-refractivity contribution in [1.29, 1.82) is 0 Å². The molecule has 0 saturated heterocycles. The van der Waals surface area contributed by atoms with Gasteiger partial charge in [-0.3, -0.25) is 4.79 Å². The fraction of sp³-hybridized carbons (Fsp3) is 0.450. The van der Waals surface area contributed by atoms with E-state index in [1.54, 1.807) is 11.9 Å². The van der Waals surface area contributed by atoms with Gasteiger partial charge in [-0.2, -0.15) is 0 Å². The van der Waals surface area contributed by atoms with Crippen LogP contribution in [0.3, 0.4) is 0 Å². The number of nitrogens with one attached hydrogen (secondary N) is 1. The summed E-state index contributed by atoms with van der Waals surface area (Å²) in [5.41, 5.74) is 8.43. The molecule has 3 N–H and O–H groups in total. The van der Waals surface area contributed by atoms with E-state index in [1.807, 2.05) is 30.6 Å². The number of carbonyl (C=O) groups excluding carboxylic acids is 1. The molecule has 0 bridgehead atoms. The number of nitrogens with two attached hydrogens (primary N) is 1. The Kier molecular flexibility index (Phi) is 7.53. The summed E-state index contributed by atoms with van der Waals surface area (Å²) in [5, 5.41) is 3.33. The van der Waals surface area contributed by atoms with Crippen molar-refractivity contribution in [2.24, 2.45) is 5.73 Å². The van der Waals surface area contributed by atoms with Gasteiger partial charge in [-0.05, 0) is 30.5 Å². The van der Waals surface area contributed by atoms with E-state index in [1.165, 1.54) is 12.8 Å². The zero-order chi connectivity index (χ0) is 18.9. The van der Waals surface area contributed by atoms with Crippen LogP contribution in [0, 0.1) is 0 Å². The average Bonchev–Trinajstić information content (AvgIpc) is 2.66. The van der Waals surface area contributed by atoms with Crippen molar-refractivity contribution < 1.29 is 4.79 Å². The molecule has 0 radical (unpaired) electrons. The van der Waals surface area contributed by atoms with Gasteiger partial charge in [0.25, 0.3) is 0 Å². The van der Waals surface area contributed by atoms with Crippen LogP contribution in [0.25, 0.3) is 11.1 Å². The molecule has 140 valence electrons. The van der Waals surface area contributed by atoms with Gasteiger partial charge in [0.2, 0.25) is 11.9 Å². The summed E-state index contributed by atoms with van der Waals surface area (Å²) in [6.07, 6.45) is 7.15. The van der Waals surface area contributed by atoms with Gasteiger partial charge in [0.15, 0.2) is 0 Å². The zero-order valence-electron chi connectivity index (χ0n) is 15.9. The number of unbranched alkanes of at least 4 members (excludes halogenated alkanes) is 1. The molecule has 2 rings (SSSR count). The molecule has 1 atom stereocenters. The lowest BCUT2D eigenvalue weighted by atomic mass is 10.1. The molecule has 0 fully saturated rings. The Morgan fingerprint density at radius 1 is 1.27 bits per heavy atom. The molecule has 0 spiro atoms. The number of anilines is 1. The molecule has 2 aromatic rings. The van der Waals surface area contributed by atoms with E-state index in [-0.39, 0.29) is 12.5 Å². The van der Waals surface area contributed by atoms with Gasteiger partial charge >= 0.3 is 0 Å². The van der Waals surface area contributed by atoms with Crippen LogP contribution < -0.4 is 11.1 Å². The third kappa shape index (κ3) is 5.81. The van der Waals surface area contributed by atoms with E-state index >= 15 is 0 Å². The van der Waals surface area contributed by atoms with E-state index in [4.69, 9.17) is 5.73 Å². The summed E-state index contributed by atoms with van der Waals surface area (Å²) in [6, 6.07) is 8.40. The molecule has 0 aliphatic rings. The standard InChI is InChI=1S/C20H29N5O/c1-4-5-7-15(2)24-20-22-12-18(13-23-20)17-9-6-8-16(10-17)14-25(3)19(26)11-21/h6,8-10,12-13,15H,4-5,7,11,14,21H2,1-3H3,(H,22,23,24). The van der Waals surface area contributed by atoms with Crippen molar-refractivity contribution in [1.82, 2.24) is 14.9 Å². The van der Waals surface area contributed by atoms with Crippen LogP contribution in [-0.2, 0) is 11.3 Å². The molecule has 1 aromatic carbocycles. The quantitative estimate of drug-likeness (QED) is 0.722. The molecule has 0 aliphatic carbocycles. The second kappa shape index (κ2) is 9.87. The van der Waals surface area contributed by atoms with Crippen LogP contribution in [0.5, 0.6) is 0 Å². The molecule has 6 heteroatoms. The Hall–Kier alpha value is -2.47. The van der Waals surface area contributed by atoms with Crippen molar-refractivity contribution in [2.45, 2.75) is 45.7 Å². The largest absolute Gasteiger partial charge is 0.352 e. The van der Waals surface area contributed by atoms with Crippen LogP contribution in [0.4, 0.5) is 5.95 Å². The van der Waals surface area contributed by atoms with Gasteiger partial charge in [0.05, 0.1) is 6.54 Å². The first-order chi connectivity index (χ1) is 12.5. The summed E-state index contributed by atoms with van der Waals surface area (Å²) in [6.45, 7) is 4.89. The van der Waals surface area contributed by atoms with Crippen LogP contribution in [0.2, 0.25) is 0 Å². The third-order valence-corrected chi connectivity index (χ3v) is 4.30. The Morgan fingerprint density at radius 3 is 2.65 bits per heavy atom. The lowest BCUT2D eigenvalue weighted by molar-refractivity contribution is -0.128. The van der Waals surface area contributed by atoms with E-state index in [9.17, 15) is 4.79 Å². The topological polar surface area (TPSA) is 84.1 Å². The first kappa shape index (κ1) is 19.8. The predicted octanol–water partition coefficient (Wildman–Crippen LogP) is 3.05. The third-order valence-electron chi connectivity index (χ3n) is 4.30. The number of hydrogen-bond donors (Lipinski definition) is 2. The first-order valence-corrected chi connectivity index (χ1v) is 9.15. The Morgan fingerprint density at radius 2 is 2.00 bits per heavy atom. The van der Waals surface area contributed by atoms with Crippen molar-refractivity contribution >= 4 is 11.9 Å². The number of amides is 1. The highest BCUT2D eigenvalue weighted by Crippen LogP contribution is 2.20. The molecular formula is C20H29N5O. The van der Waals surface area contributed by atoms with Crippen molar-refractivity contribution in [2.75, 3.05) is 18.9 Å². The predicted molar refractivity (Wildman–Crippen MR) is 106 cm³/mol. The monoisotopic (exact) mass is 355 g/mol. The lowest BCUT2D eigenvalue weighted by Gasteiger charge is -2.16. The Balaban J connectivity index is 2.04. The van der Waals surface area contributed by atoms with E-state index in [0.29, 0.717) is 18.5 Å². The number of nitrogens with zero attached hydrogens (tertiary/aromatic N) is 3. The fourth-order valence-corrected chi connectivity index (χ4v) is 2.72. The second-order valence-corrected chi connectivity index (χ2v) is 6.64. The molecule has 26 heavy (non-hydrogen) atoms. The Bertz CT molecular complexity index is 702. The van der Waals surface area contributed by atoms with Crippen LogP contribution in [0.1, 0.15) is 38.7 Å². The zero-order valence-corrected chi connectivity index (χ0v) is 15.9. The molecule has 1 heterocycles. The van der Waals surface area contributed by atoms with E-state index in [2.05, 4.69) is 35.2 Å². The molecule has 0 saturated carbocycles. The van der Waals surface area contributed by atoms with Crippen molar-refractivity contribution in [3.63, 3.8) is 0 Å². The minimum absolute atomic E-state index is 0.0230. The van der Waals surface area contributed by atoms with Gasteiger partial charge in [0, 0.05) is 37.6 Å². The van der Waals surface area contributed by atoms with Crippen molar-refractivity contribution in [3.05, 3.63) is 42.2 Å². The molecule has 1 aromatic heterocycles. The van der Waals surface area contributed by atoms with E-state index in [0.717, 1.165) is 23.1 Å². The fourth-order valence-electron chi connectivity index (χ4n) is 2.72. The average molecular weight is 355 g/mol. The van der Waals surface area contributed by atoms with Crippen LogP contribution in [0.15, 0.2) is 36.7 Å². The first-order valence-electron chi connectivity index (χ1n) is 9.15. The highest BCUT2D eigenvalue weighted by Gasteiger charge is 2.08. The van der Waals surface area contributed by atoms with Crippen LogP contribution in [-0.4, -0.2) is 40.4 Å². The Labute approximate surface area is 155 Å². The maximum atomic E-state index is 11.6. The van der Waals surface area contributed by atoms with Gasteiger partial charge in [0.1, 0.15) is 0 Å². The summed E-state index contributed by atoms with van der Waals surface area (Å²) in [4.78, 5) is 22.1. The second-order valence-electron chi connectivity index (χ2n) is 6.64. The number of carbonyl (C=O) groups is 1. The lowest BCUT2D eigenvalue weighted by Crippen LogP contribution is -2.32. The number of likely N-dealkylation sites (N-methyl/N-ethyl adjacent to an activating group) is 1. The summed E-state index contributed by atoms with van der Waals surface area (Å²) in [5.74, 6) is 0.577. The molecular weight excluding hydrogens is 326 g/mol. The van der Waals surface area contributed by atoms with Gasteiger partial charge < -0.3 is 16.0 Å². The smallest absolute Gasteiger partial charge is 0.236 e. The highest BCUT2D eigenvalue weighted by molar-refractivity contribution is 5.77. The molecule has 6 nitrogen and oxygen atoms in total. The number of benzene rings is 1. The maximum absolute atomic E-state index is 11.6. The SMILES string of the molecule is CCCCC(C)Nc1ncc(-c2cccc(CN(C)C(=O)CN)c2)cn1. The normalized spacial score (nSPS) is 11.8. The van der Waals surface area contributed by atoms with E-state index < -0.39 is 0 Å². The minimum Gasteiger partial charge on any atom is -0.352 e. The highest BCUT2D eigenvalue weighted by atomic mass is 16.2.